The van der Waals surface area contributed by atoms with E-state index in [9.17, 15) is 20.4 Å². The minimum atomic E-state index is -0.243. The van der Waals surface area contributed by atoms with E-state index in [0.717, 1.165) is 51.4 Å². The van der Waals surface area contributed by atoms with Gasteiger partial charge in [-0.05, 0) is 276 Å². The first-order valence-corrected chi connectivity index (χ1v) is 33.8. The maximum absolute atomic E-state index is 9.81. The topological polar surface area (TPSA) is 80.9 Å². The number of hydrogen-bond acceptors (Lipinski definition) is 4. The monoisotopic (exact) mass is 1200 g/mol. The summed E-state index contributed by atoms with van der Waals surface area (Å²) in [5.74, 6) is 0. The predicted molar refractivity (Wildman–Crippen MR) is 384 cm³/mol. The molecule has 0 aromatic heterocycles. The number of aliphatic hydroxyl groups excluding tert-OH is 4. The van der Waals surface area contributed by atoms with Gasteiger partial charge in [-0.1, -0.05) is 201 Å². The Morgan fingerprint density at radius 2 is 0.413 bits per heavy atom. The highest BCUT2D eigenvalue weighted by Gasteiger charge is 2.41. The fourth-order valence-electron chi connectivity index (χ4n) is 17.5. The van der Waals surface area contributed by atoms with Gasteiger partial charge in [-0.25, -0.2) is 0 Å². The summed E-state index contributed by atoms with van der Waals surface area (Å²) >= 11 is 0. The zero-order valence-electron chi connectivity index (χ0n) is 54.6. The SMILES string of the molecule is CC1(C)c2cc(CCCO)ccc2-c2ccc(-c3cc(-c4ccc5c(c4)C(C)(C)c4cc(CCCO)ccc4-5)c4ccc5c(-c6ccc7c(c6)C(C)(C)c6cc(CCCO)ccc6-7)cc(-c6ccc7c(c6)C(C)(C)c6cc(CCCO)ccc6-7)c6ccc3c4c65)cc21. The van der Waals surface area contributed by atoms with Gasteiger partial charge in [-0.15, -0.1) is 0 Å². The second kappa shape index (κ2) is 21.6. The molecule has 4 N–H and O–H groups in total. The van der Waals surface area contributed by atoms with Gasteiger partial charge in [0.25, 0.3) is 0 Å². The Hall–Kier alpha value is -8.48. The summed E-state index contributed by atoms with van der Waals surface area (Å²) in [6, 6.07) is 71.8. The number of aryl methyl sites for hydroxylation is 4. The number of rotatable bonds is 16. The quantitative estimate of drug-likeness (QED) is 0.0727. The van der Waals surface area contributed by atoms with E-state index in [1.807, 2.05) is 0 Å². The Morgan fingerprint density at radius 3 is 0.620 bits per heavy atom. The Labute approximate surface area is 542 Å². The third-order valence-electron chi connectivity index (χ3n) is 22.6. The molecule has 16 rings (SSSR count). The summed E-state index contributed by atoms with van der Waals surface area (Å²) < 4.78 is 0. The van der Waals surface area contributed by atoms with Crippen molar-refractivity contribution in [1.82, 2.24) is 0 Å². The third kappa shape index (κ3) is 8.77. The zero-order valence-corrected chi connectivity index (χ0v) is 54.6. The largest absolute Gasteiger partial charge is 0.396 e. The summed E-state index contributed by atoms with van der Waals surface area (Å²) in [5, 5.41) is 46.7. The van der Waals surface area contributed by atoms with E-state index in [2.05, 4.69) is 237 Å². The molecule has 4 heteroatoms. The average Bonchev–Trinajstić information content (AvgIpc) is 0.795. The molecule has 0 radical (unpaired) electrons. The van der Waals surface area contributed by atoms with Gasteiger partial charge in [0.05, 0.1) is 0 Å². The fourth-order valence-corrected chi connectivity index (χ4v) is 17.5. The van der Waals surface area contributed by atoms with Gasteiger partial charge >= 0.3 is 0 Å². The summed E-state index contributed by atoms with van der Waals surface area (Å²) in [5.41, 5.74) is 34.9. The van der Waals surface area contributed by atoms with Gasteiger partial charge in [-0.2, -0.15) is 0 Å². The molecule has 0 heterocycles. The highest BCUT2D eigenvalue weighted by molar-refractivity contribution is 6.32. The van der Waals surface area contributed by atoms with Gasteiger partial charge < -0.3 is 20.4 Å². The van der Waals surface area contributed by atoms with Crippen molar-refractivity contribution in [3.05, 3.63) is 249 Å². The summed E-state index contributed by atoms with van der Waals surface area (Å²) in [6.07, 6.45) is 6.41. The van der Waals surface area contributed by atoms with Crippen LogP contribution < -0.4 is 0 Å². The maximum Gasteiger partial charge on any atom is 0.0434 e. The Morgan fingerprint density at radius 1 is 0.217 bits per heavy atom. The molecule has 4 aliphatic carbocycles. The lowest BCUT2D eigenvalue weighted by Crippen LogP contribution is -2.15. The molecule has 0 aliphatic heterocycles. The van der Waals surface area contributed by atoms with Crippen molar-refractivity contribution in [1.29, 1.82) is 0 Å². The molecule has 0 amide bonds. The maximum atomic E-state index is 9.81. The molecule has 12 aromatic rings. The highest BCUT2D eigenvalue weighted by atomic mass is 16.3. The molecular formula is C88H82O4. The van der Waals surface area contributed by atoms with E-state index < -0.39 is 0 Å². The van der Waals surface area contributed by atoms with Crippen LogP contribution in [-0.4, -0.2) is 46.9 Å². The minimum absolute atomic E-state index is 0.184. The smallest absolute Gasteiger partial charge is 0.0434 e. The first-order valence-electron chi connectivity index (χ1n) is 33.8. The molecule has 4 nitrogen and oxygen atoms in total. The van der Waals surface area contributed by atoms with E-state index in [1.165, 1.54) is 188 Å². The minimum Gasteiger partial charge on any atom is -0.396 e. The van der Waals surface area contributed by atoms with E-state index in [0.29, 0.717) is 0 Å². The second-order valence-corrected chi connectivity index (χ2v) is 29.4. The average molecular weight is 1200 g/mol. The van der Waals surface area contributed by atoms with Crippen molar-refractivity contribution in [2.24, 2.45) is 0 Å². The van der Waals surface area contributed by atoms with Crippen LogP contribution in [0.5, 0.6) is 0 Å². The number of benzene rings is 12. The molecule has 92 heavy (non-hydrogen) atoms. The fraction of sp³-hybridized carbons (Fsp3) is 0.273. The Bertz CT molecular complexity index is 4420. The van der Waals surface area contributed by atoms with Gasteiger partial charge in [0.15, 0.2) is 0 Å². The van der Waals surface area contributed by atoms with Crippen LogP contribution in [0.1, 0.15) is 148 Å². The number of aliphatic hydroxyl groups is 4. The Kier molecular flexibility index (Phi) is 13.7. The predicted octanol–water partition coefficient (Wildman–Crippen LogP) is 20.2. The van der Waals surface area contributed by atoms with Gasteiger partial charge in [0.1, 0.15) is 0 Å². The van der Waals surface area contributed by atoms with Crippen molar-refractivity contribution >= 4 is 32.3 Å². The highest BCUT2D eigenvalue weighted by Crippen LogP contribution is 2.57. The molecule has 4 aliphatic rings. The molecule has 0 spiro atoms. The lowest BCUT2D eigenvalue weighted by molar-refractivity contribution is 0.288. The van der Waals surface area contributed by atoms with Crippen molar-refractivity contribution in [3.63, 3.8) is 0 Å². The lowest BCUT2D eigenvalue weighted by Gasteiger charge is -2.25. The molecule has 0 atom stereocenters. The van der Waals surface area contributed by atoms with Crippen LogP contribution in [0.2, 0.25) is 0 Å². The summed E-state index contributed by atoms with van der Waals surface area (Å²) in [6.45, 7) is 19.9. The van der Waals surface area contributed by atoms with E-state index in [-0.39, 0.29) is 48.1 Å². The van der Waals surface area contributed by atoms with Gasteiger partial charge in [-0.3, -0.25) is 0 Å². The second-order valence-electron chi connectivity index (χ2n) is 29.4. The van der Waals surface area contributed by atoms with E-state index in [4.69, 9.17) is 0 Å². The molecule has 0 saturated heterocycles. The first kappa shape index (κ1) is 58.6. The molecule has 0 bridgehead atoms. The molecule has 458 valence electrons. The van der Waals surface area contributed by atoms with Gasteiger partial charge in [0, 0.05) is 48.1 Å². The Balaban J connectivity index is 0.950. The van der Waals surface area contributed by atoms with Crippen LogP contribution in [0.3, 0.4) is 0 Å². The van der Waals surface area contributed by atoms with Crippen LogP contribution in [0, 0.1) is 0 Å². The lowest BCUT2D eigenvalue weighted by atomic mass is 9.78. The van der Waals surface area contributed by atoms with E-state index >= 15 is 0 Å². The molecule has 0 fully saturated rings. The van der Waals surface area contributed by atoms with Crippen LogP contribution >= 0.6 is 0 Å². The standard InChI is InChI=1S/C88H82O4/c1-85(2)75-41-51(13-9-37-89)17-25-59(75)63-29-21-55(45-79(63)85)71-49-72(56-22-30-64-60-26-18-52(14-10-38-90)42-76(60)86(3,4)80(64)46-56)68-35-36-70-74(58-24-32-66-62-28-20-54(16-12-40-92)44-78(62)88(7,8)82(66)48-58)50-73(69-34-33-67(71)83(68)84(69)70)57-23-31-65-61-27-19-53(15-11-39-91)43-77(61)87(5,6)81(65)47-57/h17-36,41-50,89-92H,9-16,37-40H2,1-8H3. The van der Waals surface area contributed by atoms with Crippen molar-refractivity contribution < 1.29 is 20.4 Å². The van der Waals surface area contributed by atoms with Crippen molar-refractivity contribution in [2.45, 2.75) is 128 Å². The van der Waals surface area contributed by atoms with Crippen LogP contribution in [0.4, 0.5) is 0 Å². The van der Waals surface area contributed by atoms with Crippen LogP contribution in [0.15, 0.2) is 182 Å². The number of fused-ring (bicyclic) bond motifs is 12. The molecule has 0 saturated carbocycles. The molecular weight excluding hydrogens is 1120 g/mol. The zero-order chi connectivity index (χ0) is 63.3. The third-order valence-corrected chi connectivity index (χ3v) is 22.6. The summed E-state index contributed by atoms with van der Waals surface area (Å²) in [7, 11) is 0. The number of hydrogen-bond donors (Lipinski definition) is 4. The normalized spacial score (nSPS) is 15.4. The summed E-state index contributed by atoms with van der Waals surface area (Å²) in [4.78, 5) is 0. The molecule has 0 unspecified atom stereocenters. The van der Waals surface area contributed by atoms with Crippen molar-refractivity contribution in [3.8, 4) is 89.0 Å². The first-order chi connectivity index (χ1) is 44.4. The molecule has 12 aromatic carbocycles. The van der Waals surface area contributed by atoms with Crippen molar-refractivity contribution in [2.75, 3.05) is 26.4 Å². The van der Waals surface area contributed by atoms with Crippen LogP contribution in [0.25, 0.3) is 121 Å². The van der Waals surface area contributed by atoms with Crippen LogP contribution in [-0.2, 0) is 47.3 Å². The van der Waals surface area contributed by atoms with Gasteiger partial charge in [0.2, 0.25) is 0 Å². The van der Waals surface area contributed by atoms with E-state index in [1.54, 1.807) is 0 Å².